The van der Waals surface area contributed by atoms with Crippen molar-refractivity contribution in [1.29, 1.82) is 0 Å². The molecule has 8 nitrogen and oxygen atoms in total. The molecule has 150 valence electrons. The Kier molecular flexibility index (Phi) is 6.48. The van der Waals surface area contributed by atoms with Gasteiger partial charge in [-0.05, 0) is 12.1 Å². The lowest BCUT2D eigenvalue weighted by Crippen LogP contribution is -2.49. The lowest BCUT2D eigenvalue weighted by Gasteiger charge is -2.33. The van der Waals surface area contributed by atoms with Crippen molar-refractivity contribution in [2.45, 2.75) is 6.92 Å². The molecule has 0 aliphatic carbocycles. The Morgan fingerprint density at radius 3 is 2.57 bits per heavy atom. The van der Waals surface area contributed by atoms with Crippen LogP contribution >= 0.6 is 11.3 Å². The number of aromatic nitrogens is 1. The number of carbonyl (C=O) groups excluding carboxylic acids is 2. The fourth-order valence-corrected chi connectivity index (χ4v) is 3.77. The molecule has 0 bridgehead atoms. The minimum atomic E-state index is -0.112. The zero-order valence-electron chi connectivity index (χ0n) is 16.2. The normalized spacial score (nSPS) is 14.6. The van der Waals surface area contributed by atoms with E-state index >= 15 is 0 Å². The van der Waals surface area contributed by atoms with E-state index in [0.29, 0.717) is 42.8 Å². The molecule has 9 heteroatoms. The van der Waals surface area contributed by atoms with E-state index in [-0.39, 0.29) is 18.4 Å². The predicted molar refractivity (Wildman–Crippen MR) is 108 cm³/mol. The average Bonchev–Trinajstić information content (AvgIpc) is 3.15. The van der Waals surface area contributed by atoms with E-state index in [1.165, 1.54) is 11.3 Å². The lowest BCUT2D eigenvalue weighted by molar-refractivity contribution is -0.130. The van der Waals surface area contributed by atoms with Crippen LogP contribution in [0.5, 0.6) is 11.5 Å². The van der Waals surface area contributed by atoms with Gasteiger partial charge in [0.05, 0.1) is 26.5 Å². The number of hydrogen-bond acceptors (Lipinski definition) is 7. The highest BCUT2D eigenvalue weighted by atomic mass is 32.1. The van der Waals surface area contributed by atoms with Gasteiger partial charge in [-0.15, -0.1) is 11.3 Å². The van der Waals surface area contributed by atoms with Crippen molar-refractivity contribution >= 4 is 28.3 Å². The molecule has 2 aromatic rings. The summed E-state index contributed by atoms with van der Waals surface area (Å²) in [6.45, 7) is 4.55. The SMILES string of the molecule is COc1ccc(-c2csc(NC(=O)CN3CCN(C(C)=O)CC3)n2)c(OC)c1. The highest BCUT2D eigenvalue weighted by molar-refractivity contribution is 7.14. The number of carbonyl (C=O) groups is 2. The molecule has 0 atom stereocenters. The van der Waals surface area contributed by atoms with E-state index in [4.69, 9.17) is 9.47 Å². The van der Waals surface area contributed by atoms with Gasteiger partial charge in [-0.3, -0.25) is 14.5 Å². The first-order valence-corrected chi connectivity index (χ1v) is 9.83. The maximum absolute atomic E-state index is 12.3. The maximum atomic E-state index is 12.3. The highest BCUT2D eigenvalue weighted by Crippen LogP contribution is 2.34. The molecule has 1 aromatic carbocycles. The van der Waals surface area contributed by atoms with Crippen molar-refractivity contribution in [3.63, 3.8) is 0 Å². The van der Waals surface area contributed by atoms with E-state index in [0.717, 1.165) is 11.3 Å². The molecule has 0 radical (unpaired) electrons. The number of anilines is 1. The summed E-state index contributed by atoms with van der Waals surface area (Å²) in [7, 11) is 3.20. The van der Waals surface area contributed by atoms with Gasteiger partial charge >= 0.3 is 0 Å². The number of ether oxygens (including phenoxy) is 2. The maximum Gasteiger partial charge on any atom is 0.240 e. The summed E-state index contributed by atoms with van der Waals surface area (Å²) in [5.41, 5.74) is 1.57. The van der Waals surface area contributed by atoms with Gasteiger partial charge in [-0.2, -0.15) is 0 Å². The van der Waals surface area contributed by atoms with Crippen molar-refractivity contribution in [3.05, 3.63) is 23.6 Å². The molecule has 0 saturated carbocycles. The minimum Gasteiger partial charge on any atom is -0.497 e. The smallest absolute Gasteiger partial charge is 0.240 e. The molecule has 0 unspecified atom stereocenters. The Morgan fingerprint density at radius 2 is 1.93 bits per heavy atom. The van der Waals surface area contributed by atoms with Crippen LogP contribution in [0.15, 0.2) is 23.6 Å². The summed E-state index contributed by atoms with van der Waals surface area (Å²) in [4.78, 5) is 32.1. The lowest BCUT2D eigenvalue weighted by atomic mass is 10.1. The summed E-state index contributed by atoms with van der Waals surface area (Å²) < 4.78 is 10.6. The van der Waals surface area contributed by atoms with E-state index in [1.807, 2.05) is 22.4 Å². The number of piperazine rings is 1. The van der Waals surface area contributed by atoms with Crippen LogP contribution in [0.2, 0.25) is 0 Å². The topological polar surface area (TPSA) is 84.0 Å². The summed E-state index contributed by atoms with van der Waals surface area (Å²) in [5, 5.41) is 5.28. The number of methoxy groups -OCH3 is 2. The monoisotopic (exact) mass is 404 g/mol. The van der Waals surface area contributed by atoms with E-state index < -0.39 is 0 Å². The third-order valence-electron chi connectivity index (χ3n) is 4.62. The third kappa shape index (κ3) is 4.79. The quantitative estimate of drug-likeness (QED) is 0.792. The van der Waals surface area contributed by atoms with Gasteiger partial charge in [0.15, 0.2) is 5.13 Å². The molecule has 0 spiro atoms. The summed E-state index contributed by atoms with van der Waals surface area (Å²) in [5.74, 6) is 1.33. The fourth-order valence-electron chi connectivity index (χ4n) is 3.05. The third-order valence-corrected chi connectivity index (χ3v) is 5.38. The van der Waals surface area contributed by atoms with Crippen LogP contribution in [0, 0.1) is 0 Å². The van der Waals surface area contributed by atoms with Crippen LogP contribution in [0.4, 0.5) is 5.13 Å². The van der Waals surface area contributed by atoms with Crippen molar-refractivity contribution in [2.75, 3.05) is 52.3 Å². The van der Waals surface area contributed by atoms with Gasteiger partial charge in [0.2, 0.25) is 11.8 Å². The second-order valence-corrected chi connectivity index (χ2v) is 7.29. The number of thiazole rings is 1. The van der Waals surface area contributed by atoms with Crippen molar-refractivity contribution in [1.82, 2.24) is 14.8 Å². The van der Waals surface area contributed by atoms with Crippen LogP contribution in [-0.2, 0) is 9.59 Å². The van der Waals surface area contributed by atoms with Crippen LogP contribution in [-0.4, -0.2) is 73.5 Å². The molecule has 2 amide bonds. The van der Waals surface area contributed by atoms with Crippen LogP contribution < -0.4 is 14.8 Å². The fraction of sp³-hybridized carbons (Fsp3) is 0.421. The number of nitrogens with one attached hydrogen (secondary N) is 1. The number of amides is 2. The van der Waals surface area contributed by atoms with Crippen molar-refractivity contribution in [2.24, 2.45) is 0 Å². The molecular weight excluding hydrogens is 380 g/mol. The van der Waals surface area contributed by atoms with Gasteiger partial charge < -0.3 is 19.7 Å². The standard InChI is InChI=1S/C19H24N4O4S/c1-13(24)23-8-6-22(7-9-23)11-18(25)21-19-20-16(12-28-19)15-5-4-14(26-2)10-17(15)27-3/h4-5,10,12H,6-9,11H2,1-3H3,(H,20,21,25). The number of benzene rings is 1. The average molecular weight is 404 g/mol. The molecule has 1 aromatic heterocycles. The molecule has 28 heavy (non-hydrogen) atoms. The zero-order valence-corrected chi connectivity index (χ0v) is 17.0. The molecule has 1 N–H and O–H groups in total. The van der Waals surface area contributed by atoms with Gasteiger partial charge in [-0.25, -0.2) is 4.98 Å². The van der Waals surface area contributed by atoms with Crippen molar-refractivity contribution < 1.29 is 19.1 Å². The van der Waals surface area contributed by atoms with Gasteiger partial charge in [0, 0.05) is 50.1 Å². The Labute approximate surface area is 168 Å². The predicted octanol–water partition coefficient (Wildman–Crippen LogP) is 1.93. The van der Waals surface area contributed by atoms with Crippen LogP contribution in [0.1, 0.15) is 6.92 Å². The van der Waals surface area contributed by atoms with Crippen LogP contribution in [0.25, 0.3) is 11.3 Å². The second-order valence-electron chi connectivity index (χ2n) is 6.43. The summed E-state index contributed by atoms with van der Waals surface area (Å²) in [6, 6.07) is 5.52. The molecule has 2 heterocycles. The Morgan fingerprint density at radius 1 is 1.18 bits per heavy atom. The molecule has 3 rings (SSSR count). The molecular formula is C19H24N4O4S. The molecule has 1 aliphatic rings. The largest absolute Gasteiger partial charge is 0.497 e. The zero-order chi connectivity index (χ0) is 20.1. The first-order chi connectivity index (χ1) is 13.5. The first-order valence-electron chi connectivity index (χ1n) is 8.96. The van der Waals surface area contributed by atoms with E-state index in [2.05, 4.69) is 10.3 Å². The van der Waals surface area contributed by atoms with Crippen LogP contribution in [0.3, 0.4) is 0 Å². The number of rotatable bonds is 6. The minimum absolute atomic E-state index is 0.0772. The van der Waals surface area contributed by atoms with Gasteiger partial charge in [0.25, 0.3) is 0 Å². The van der Waals surface area contributed by atoms with E-state index in [1.54, 1.807) is 32.1 Å². The number of nitrogens with zero attached hydrogens (tertiary/aromatic N) is 3. The molecule has 1 aliphatic heterocycles. The molecule has 1 saturated heterocycles. The Bertz CT molecular complexity index is 846. The summed E-state index contributed by atoms with van der Waals surface area (Å²) >= 11 is 1.37. The van der Waals surface area contributed by atoms with Gasteiger partial charge in [-0.1, -0.05) is 0 Å². The Hall–Kier alpha value is -2.65. The Balaban J connectivity index is 1.59. The van der Waals surface area contributed by atoms with E-state index in [9.17, 15) is 9.59 Å². The summed E-state index contributed by atoms with van der Waals surface area (Å²) in [6.07, 6.45) is 0. The second kappa shape index (κ2) is 9.03. The first kappa shape index (κ1) is 20.1. The number of hydrogen-bond donors (Lipinski definition) is 1. The van der Waals surface area contributed by atoms with Crippen molar-refractivity contribution in [3.8, 4) is 22.8 Å². The molecule has 1 fully saturated rings. The highest BCUT2D eigenvalue weighted by Gasteiger charge is 2.21. The van der Waals surface area contributed by atoms with Gasteiger partial charge in [0.1, 0.15) is 11.5 Å².